The normalized spacial score (nSPS) is 10.9. The average Bonchev–Trinajstić information content (AvgIpc) is 2.54. The van der Waals surface area contributed by atoms with Crippen LogP contribution in [0, 0.1) is 11.3 Å². The average molecular weight is 345 g/mol. The Bertz CT molecular complexity index is 932. The lowest BCUT2D eigenvalue weighted by atomic mass is 10.0. The molecule has 1 aromatic heterocycles. The molecule has 0 atom stereocenters. The van der Waals surface area contributed by atoms with Gasteiger partial charge >= 0.3 is 5.97 Å². The standard InChI is InChI=1S/C16H15N3O4S/c1-3-23-16(20)12-13(18)11(9-17)15(24(2,21)22)19-14(12)10-7-5-4-6-8-10/h4-8H,3H2,1-2H3,(H2,18,19). The van der Waals surface area contributed by atoms with Crippen molar-refractivity contribution in [1.82, 2.24) is 4.98 Å². The summed E-state index contributed by atoms with van der Waals surface area (Å²) in [5.74, 6) is -0.766. The predicted molar refractivity (Wildman–Crippen MR) is 87.9 cm³/mol. The number of benzene rings is 1. The van der Waals surface area contributed by atoms with Gasteiger partial charge in [-0.1, -0.05) is 30.3 Å². The fourth-order valence-corrected chi connectivity index (χ4v) is 2.96. The van der Waals surface area contributed by atoms with Crippen molar-refractivity contribution in [3.63, 3.8) is 0 Å². The summed E-state index contributed by atoms with van der Waals surface area (Å²) in [5, 5.41) is 8.81. The molecule has 24 heavy (non-hydrogen) atoms. The number of hydrogen-bond acceptors (Lipinski definition) is 7. The Morgan fingerprint density at radius 3 is 2.46 bits per heavy atom. The lowest BCUT2D eigenvalue weighted by molar-refractivity contribution is 0.0528. The molecule has 1 aromatic carbocycles. The Labute approximate surface area is 139 Å². The van der Waals surface area contributed by atoms with E-state index in [0.717, 1.165) is 6.26 Å². The first kappa shape index (κ1) is 17.4. The van der Waals surface area contributed by atoms with Crippen LogP contribution in [0.25, 0.3) is 11.3 Å². The van der Waals surface area contributed by atoms with Crippen molar-refractivity contribution in [2.75, 3.05) is 18.6 Å². The van der Waals surface area contributed by atoms with Crippen LogP contribution in [0.5, 0.6) is 0 Å². The second-order valence-corrected chi connectivity index (χ2v) is 6.83. The quantitative estimate of drug-likeness (QED) is 0.838. The molecule has 7 nitrogen and oxygen atoms in total. The molecule has 124 valence electrons. The zero-order chi connectivity index (χ0) is 17.9. The van der Waals surface area contributed by atoms with Crippen LogP contribution < -0.4 is 5.73 Å². The molecule has 8 heteroatoms. The first-order valence-corrected chi connectivity index (χ1v) is 8.86. The molecule has 0 amide bonds. The van der Waals surface area contributed by atoms with E-state index < -0.39 is 20.8 Å². The van der Waals surface area contributed by atoms with E-state index in [1.807, 2.05) is 0 Å². The smallest absolute Gasteiger partial charge is 0.342 e. The van der Waals surface area contributed by atoms with Gasteiger partial charge in [-0.2, -0.15) is 5.26 Å². The Kier molecular flexibility index (Phi) is 4.85. The summed E-state index contributed by atoms with van der Waals surface area (Å²) in [5.41, 5.74) is 5.74. The van der Waals surface area contributed by atoms with E-state index in [0.29, 0.717) is 5.56 Å². The van der Waals surface area contributed by atoms with E-state index in [1.165, 1.54) is 0 Å². The first-order chi connectivity index (χ1) is 11.3. The fraction of sp³-hybridized carbons (Fsp3) is 0.188. The van der Waals surface area contributed by atoms with E-state index >= 15 is 0 Å². The minimum atomic E-state index is -3.82. The number of anilines is 1. The van der Waals surface area contributed by atoms with Gasteiger partial charge in [-0.05, 0) is 6.92 Å². The van der Waals surface area contributed by atoms with Crippen molar-refractivity contribution in [3.8, 4) is 17.3 Å². The molecule has 2 N–H and O–H groups in total. The van der Waals surface area contributed by atoms with Crippen molar-refractivity contribution in [2.45, 2.75) is 11.9 Å². The van der Waals surface area contributed by atoms with Gasteiger partial charge < -0.3 is 10.5 Å². The maximum atomic E-state index is 12.3. The Hall–Kier alpha value is -2.92. The number of hydrogen-bond donors (Lipinski definition) is 1. The summed E-state index contributed by atoms with van der Waals surface area (Å²) in [4.78, 5) is 16.3. The molecular formula is C16H15N3O4S. The number of nitrogen functional groups attached to an aromatic ring is 1. The van der Waals surface area contributed by atoms with Crippen LogP contribution in [0.1, 0.15) is 22.8 Å². The Morgan fingerprint density at radius 1 is 1.33 bits per heavy atom. The molecule has 0 bridgehead atoms. The summed E-state index contributed by atoms with van der Waals surface area (Å²) in [7, 11) is -3.82. The topological polar surface area (TPSA) is 123 Å². The monoisotopic (exact) mass is 345 g/mol. The highest BCUT2D eigenvalue weighted by atomic mass is 32.2. The van der Waals surface area contributed by atoms with Crippen molar-refractivity contribution in [3.05, 3.63) is 41.5 Å². The van der Waals surface area contributed by atoms with E-state index in [2.05, 4.69) is 4.98 Å². The number of esters is 1. The molecule has 0 saturated heterocycles. The van der Waals surface area contributed by atoms with Gasteiger partial charge in [0.25, 0.3) is 0 Å². The van der Waals surface area contributed by atoms with Crippen molar-refractivity contribution >= 4 is 21.5 Å². The number of aromatic nitrogens is 1. The summed E-state index contributed by atoms with van der Waals surface area (Å²) < 4.78 is 28.9. The van der Waals surface area contributed by atoms with Crippen LogP contribution in [-0.4, -0.2) is 32.2 Å². The lowest BCUT2D eigenvalue weighted by Gasteiger charge is -2.14. The summed E-state index contributed by atoms with van der Waals surface area (Å²) in [6, 6.07) is 10.2. The van der Waals surface area contributed by atoms with Gasteiger partial charge in [0.2, 0.25) is 0 Å². The molecule has 0 spiro atoms. The number of rotatable bonds is 4. The number of ether oxygens (including phenoxy) is 1. The van der Waals surface area contributed by atoms with Crippen molar-refractivity contribution in [1.29, 1.82) is 5.26 Å². The SMILES string of the molecule is CCOC(=O)c1c(-c2ccccc2)nc(S(C)(=O)=O)c(C#N)c1N. The molecule has 0 aliphatic rings. The predicted octanol–water partition coefficient (Wildman–Crippen LogP) is 1.78. The van der Waals surface area contributed by atoms with E-state index in [-0.39, 0.29) is 29.1 Å². The Morgan fingerprint density at radius 2 is 1.96 bits per heavy atom. The van der Waals surface area contributed by atoms with E-state index in [9.17, 15) is 18.5 Å². The number of nitriles is 1. The van der Waals surface area contributed by atoms with Crippen LogP contribution in [0.15, 0.2) is 35.4 Å². The van der Waals surface area contributed by atoms with Gasteiger partial charge in [-0.3, -0.25) is 0 Å². The van der Waals surface area contributed by atoms with Gasteiger partial charge in [0.1, 0.15) is 17.2 Å². The summed E-state index contributed by atoms with van der Waals surface area (Å²) in [6.07, 6.45) is 0.925. The highest BCUT2D eigenvalue weighted by Crippen LogP contribution is 2.32. The van der Waals surface area contributed by atoms with E-state index in [4.69, 9.17) is 10.5 Å². The van der Waals surface area contributed by atoms with Crippen molar-refractivity contribution < 1.29 is 17.9 Å². The molecule has 0 aliphatic heterocycles. The highest BCUT2D eigenvalue weighted by molar-refractivity contribution is 7.90. The number of carbonyl (C=O) groups excluding carboxylic acids is 1. The number of nitrogens with zero attached hydrogens (tertiary/aromatic N) is 2. The first-order valence-electron chi connectivity index (χ1n) is 6.97. The summed E-state index contributed by atoms with van der Waals surface area (Å²) in [6.45, 7) is 1.72. The minimum absolute atomic E-state index is 0.0611. The Balaban J connectivity index is 2.93. The second-order valence-electron chi connectivity index (χ2n) is 4.90. The van der Waals surface area contributed by atoms with Gasteiger partial charge in [-0.15, -0.1) is 0 Å². The van der Waals surface area contributed by atoms with Gasteiger partial charge in [0.15, 0.2) is 14.9 Å². The van der Waals surface area contributed by atoms with E-state index in [1.54, 1.807) is 43.3 Å². The van der Waals surface area contributed by atoms with Crippen LogP contribution in [0.4, 0.5) is 5.69 Å². The van der Waals surface area contributed by atoms with Crippen LogP contribution in [-0.2, 0) is 14.6 Å². The van der Waals surface area contributed by atoms with Gasteiger partial charge in [0.05, 0.1) is 18.0 Å². The fourth-order valence-electron chi connectivity index (χ4n) is 2.17. The third-order valence-electron chi connectivity index (χ3n) is 3.19. The molecule has 0 fully saturated rings. The van der Waals surface area contributed by atoms with Gasteiger partial charge in [-0.25, -0.2) is 18.2 Å². The molecule has 2 rings (SSSR count). The number of pyridine rings is 1. The molecule has 2 aromatic rings. The number of sulfone groups is 1. The van der Waals surface area contributed by atoms with Crippen LogP contribution in [0.3, 0.4) is 0 Å². The zero-order valence-corrected chi connectivity index (χ0v) is 13.9. The molecule has 0 unspecified atom stereocenters. The largest absolute Gasteiger partial charge is 0.462 e. The maximum Gasteiger partial charge on any atom is 0.342 e. The molecule has 0 radical (unpaired) electrons. The third kappa shape index (κ3) is 3.21. The molecule has 0 saturated carbocycles. The molecule has 0 aliphatic carbocycles. The highest BCUT2D eigenvalue weighted by Gasteiger charge is 2.28. The molecule has 1 heterocycles. The maximum absolute atomic E-state index is 12.3. The van der Waals surface area contributed by atoms with Gasteiger partial charge in [0, 0.05) is 11.8 Å². The third-order valence-corrected chi connectivity index (χ3v) is 4.19. The number of nitrogens with two attached hydrogens (primary N) is 1. The van der Waals surface area contributed by atoms with Crippen molar-refractivity contribution in [2.24, 2.45) is 0 Å². The lowest BCUT2D eigenvalue weighted by Crippen LogP contribution is -2.16. The van der Waals surface area contributed by atoms with Crippen LogP contribution in [0.2, 0.25) is 0 Å². The summed E-state index contributed by atoms with van der Waals surface area (Å²) >= 11 is 0. The number of carbonyl (C=O) groups is 1. The zero-order valence-electron chi connectivity index (χ0n) is 13.1. The molecular weight excluding hydrogens is 330 g/mol. The minimum Gasteiger partial charge on any atom is -0.462 e. The van der Waals surface area contributed by atoms with Crippen LogP contribution >= 0.6 is 0 Å². The second kappa shape index (κ2) is 6.68.